The van der Waals surface area contributed by atoms with Gasteiger partial charge in [0.1, 0.15) is 0 Å². The van der Waals surface area contributed by atoms with E-state index in [4.69, 9.17) is 30.0 Å². The van der Waals surface area contributed by atoms with E-state index in [-0.39, 0.29) is 17.1 Å². The Balaban J connectivity index is 2.28. The average Bonchev–Trinajstić information content (AvgIpc) is 2.75. The Hall–Kier alpha value is -1.26. The molecule has 4 nitrogen and oxygen atoms in total. The van der Waals surface area contributed by atoms with E-state index < -0.39 is 87.5 Å². The summed E-state index contributed by atoms with van der Waals surface area (Å²) in [6, 6.07) is -2.33. The molecule has 0 amide bonds. The van der Waals surface area contributed by atoms with E-state index in [0.29, 0.717) is 0 Å². The number of aliphatic hydroxyl groups is 1. The Labute approximate surface area is 160 Å². The molecular formula is C19H29NO3. The molecule has 0 spiro atoms. The lowest BCUT2D eigenvalue weighted by Gasteiger charge is -2.46. The Morgan fingerprint density at radius 2 is 2.22 bits per heavy atom. The van der Waals surface area contributed by atoms with E-state index in [1.165, 1.54) is 14.2 Å². The zero-order valence-corrected chi connectivity index (χ0v) is 12.9. The first-order valence-corrected chi connectivity index (χ1v) is 7.17. The van der Waals surface area contributed by atoms with Gasteiger partial charge in [0.25, 0.3) is 0 Å². The zero-order valence-electron chi connectivity index (χ0n) is 27.9. The van der Waals surface area contributed by atoms with Gasteiger partial charge in [-0.2, -0.15) is 0 Å². The second kappa shape index (κ2) is 6.70. The topological polar surface area (TPSA) is 41.9 Å². The van der Waals surface area contributed by atoms with Crippen molar-refractivity contribution in [3.05, 3.63) is 23.2 Å². The van der Waals surface area contributed by atoms with E-state index in [1.807, 2.05) is 0 Å². The molecule has 0 aromatic heterocycles. The zero-order chi connectivity index (χ0) is 29.6. The molecule has 0 bridgehead atoms. The molecule has 1 N–H and O–H groups in total. The Kier molecular flexibility index (Phi) is 1.81. The van der Waals surface area contributed by atoms with Crippen LogP contribution in [-0.2, 0) is 6.37 Å². The van der Waals surface area contributed by atoms with Crippen molar-refractivity contribution in [3.63, 3.8) is 0 Å². The van der Waals surface area contributed by atoms with Crippen molar-refractivity contribution in [1.29, 1.82) is 0 Å². The number of hydrogen-bond donors (Lipinski definition) is 1. The highest BCUT2D eigenvalue weighted by Gasteiger charge is 2.38. The molecule has 2 heterocycles. The molecule has 4 heteroatoms. The highest BCUT2D eigenvalue weighted by atomic mass is 16.5. The summed E-state index contributed by atoms with van der Waals surface area (Å²) >= 11 is 0. The molecule has 0 aliphatic carbocycles. The molecule has 1 aromatic carbocycles. The smallest absolute Gasteiger partial charge is 0.161 e. The van der Waals surface area contributed by atoms with E-state index in [9.17, 15) is 5.11 Å². The van der Waals surface area contributed by atoms with Crippen molar-refractivity contribution >= 4 is 0 Å². The van der Waals surface area contributed by atoms with Gasteiger partial charge in [0.15, 0.2) is 11.5 Å². The summed E-state index contributed by atoms with van der Waals surface area (Å²) in [6.07, 6.45) is -8.85. The normalized spacial score (nSPS) is 43.6. The van der Waals surface area contributed by atoms with Gasteiger partial charge in [-0.15, -0.1) is 0 Å². The quantitative estimate of drug-likeness (QED) is 0.919. The number of aliphatic hydroxyl groups excluding tert-OH is 1. The minimum absolute atomic E-state index is 0.199. The molecule has 1 aromatic rings. The number of piperidine rings is 1. The predicted molar refractivity (Wildman–Crippen MR) is 91.1 cm³/mol. The fraction of sp³-hybridized carbons (Fsp3) is 0.684. The molecule has 128 valence electrons. The molecule has 0 saturated carbocycles. The summed E-state index contributed by atoms with van der Waals surface area (Å²) < 4.78 is 134. The summed E-state index contributed by atoms with van der Waals surface area (Å²) in [5.41, 5.74) is -0.713. The first-order chi connectivity index (χ1) is 17.0. The summed E-state index contributed by atoms with van der Waals surface area (Å²) in [5, 5.41) is 11.1. The Morgan fingerprint density at radius 1 is 1.48 bits per heavy atom. The van der Waals surface area contributed by atoms with Crippen molar-refractivity contribution in [2.45, 2.75) is 45.0 Å². The number of benzene rings is 1. The van der Waals surface area contributed by atoms with Crippen molar-refractivity contribution < 1.29 is 35.1 Å². The third-order valence-electron chi connectivity index (χ3n) is 4.06. The number of nitrogens with zero attached hydrogens (tertiary/aromatic N) is 1. The number of methoxy groups -OCH3 is 2. The Morgan fingerprint density at radius 3 is 2.91 bits per heavy atom. The fourth-order valence-electron chi connectivity index (χ4n) is 2.95. The molecule has 23 heavy (non-hydrogen) atoms. The maximum absolute atomic E-state index is 11.1. The molecule has 3 rings (SSSR count). The maximum Gasteiger partial charge on any atom is 0.161 e. The maximum atomic E-state index is 11.1. The van der Waals surface area contributed by atoms with Crippen molar-refractivity contribution in [1.82, 2.24) is 4.90 Å². The number of rotatable bonds is 4. The molecular weight excluding hydrogens is 290 g/mol. The largest absolute Gasteiger partial charge is 0.493 e. The molecule has 1 saturated heterocycles. The van der Waals surface area contributed by atoms with E-state index in [2.05, 4.69) is 0 Å². The van der Waals surface area contributed by atoms with Crippen LogP contribution in [0.2, 0.25) is 0 Å². The molecule has 3 unspecified atom stereocenters. The van der Waals surface area contributed by atoms with Crippen LogP contribution in [0.25, 0.3) is 0 Å². The summed E-state index contributed by atoms with van der Waals surface area (Å²) in [6.45, 7) is -11.3. The van der Waals surface area contributed by atoms with Crippen LogP contribution in [0.3, 0.4) is 0 Å². The van der Waals surface area contributed by atoms with Gasteiger partial charge in [-0.25, -0.2) is 0 Å². The standard InChI is InChI=1S/C19H29NO3/c1-12(2)7-14-11-20-6-5-13-8-18(22-3)19(23-4)9-15(13)16(20)10-17(14)21/h8-9,12,14,16-17,21H,5-7,10-11H2,1-4H3/i1D3,2D3,5D2,6D2,7D2,8D,9D,12D. The summed E-state index contributed by atoms with van der Waals surface area (Å²) in [4.78, 5) is 0.799. The van der Waals surface area contributed by atoms with Crippen LogP contribution in [0.4, 0.5) is 0 Å². The molecule has 2 aliphatic rings. The van der Waals surface area contributed by atoms with Crippen molar-refractivity contribution in [3.8, 4) is 11.5 Å². The number of hydrogen-bond acceptors (Lipinski definition) is 4. The van der Waals surface area contributed by atoms with Crippen molar-refractivity contribution in [2.75, 3.05) is 27.3 Å². The van der Waals surface area contributed by atoms with Gasteiger partial charge < -0.3 is 14.6 Å². The second-order valence-corrected chi connectivity index (χ2v) is 5.44. The molecule has 0 radical (unpaired) electrons. The van der Waals surface area contributed by atoms with Crippen LogP contribution in [0.15, 0.2) is 12.1 Å². The minimum atomic E-state index is -3.73. The monoisotopic (exact) mass is 334 g/mol. The van der Waals surface area contributed by atoms with Crippen LogP contribution < -0.4 is 9.47 Å². The fourth-order valence-corrected chi connectivity index (χ4v) is 2.95. The van der Waals surface area contributed by atoms with Gasteiger partial charge in [-0.05, 0) is 54.2 Å². The minimum Gasteiger partial charge on any atom is -0.493 e. The van der Waals surface area contributed by atoms with Gasteiger partial charge >= 0.3 is 0 Å². The van der Waals surface area contributed by atoms with Gasteiger partial charge in [0.2, 0.25) is 0 Å². The van der Waals surface area contributed by atoms with Gasteiger partial charge in [-0.3, -0.25) is 4.90 Å². The first kappa shape index (κ1) is 6.23. The van der Waals surface area contributed by atoms with Gasteiger partial charge in [-0.1, -0.05) is 13.7 Å². The molecule has 2 aliphatic heterocycles. The third kappa shape index (κ3) is 3.20. The highest BCUT2D eigenvalue weighted by Crippen LogP contribution is 2.43. The van der Waals surface area contributed by atoms with Crippen LogP contribution in [0, 0.1) is 11.8 Å². The Bertz CT molecular complexity index is 1090. The second-order valence-electron chi connectivity index (χ2n) is 5.44. The van der Waals surface area contributed by atoms with E-state index >= 15 is 0 Å². The van der Waals surface area contributed by atoms with Crippen LogP contribution in [0.1, 0.15) is 64.2 Å². The van der Waals surface area contributed by atoms with Crippen LogP contribution in [0.5, 0.6) is 11.5 Å². The van der Waals surface area contributed by atoms with Gasteiger partial charge in [0, 0.05) is 36.9 Å². The molecule has 3 atom stereocenters. The van der Waals surface area contributed by atoms with Crippen LogP contribution >= 0.6 is 0 Å². The lowest BCUT2D eigenvalue weighted by molar-refractivity contribution is -0.0191. The van der Waals surface area contributed by atoms with E-state index in [1.54, 1.807) is 0 Å². The first-order valence-electron chi connectivity index (χ1n) is 14.7. The molecule has 1 fully saturated rings. The summed E-state index contributed by atoms with van der Waals surface area (Å²) in [5.74, 6) is -6.22. The van der Waals surface area contributed by atoms with Gasteiger partial charge in [0.05, 0.1) is 23.1 Å². The van der Waals surface area contributed by atoms with Crippen LogP contribution in [-0.4, -0.2) is 43.4 Å². The lowest BCUT2D eigenvalue weighted by Crippen LogP contribution is -2.48. The third-order valence-corrected chi connectivity index (χ3v) is 4.06. The lowest BCUT2D eigenvalue weighted by atomic mass is 9.79. The number of fused-ring (bicyclic) bond motifs is 3. The van der Waals surface area contributed by atoms with E-state index in [0.717, 1.165) is 4.90 Å². The SMILES string of the molecule is [2H]c1c(OC)c(OC)c([2H])c2c1C1CC(O)C(C([2H])([2H])C([2H])(C([2H])([2H])[2H])C([2H])([2H])[2H])CN1C([2H])([2H])C2([2H])[2H]. The highest BCUT2D eigenvalue weighted by molar-refractivity contribution is 5.49. The summed E-state index contributed by atoms with van der Waals surface area (Å²) in [7, 11) is 2.36. The predicted octanol–water partition coefficient (Wildman–Crippen LogP) is 3.03. The number of ether oxygens (including phenoxy) is 2. The average molecular weight is 335 g/mol. The van der Waals surface area contributed by atoms with Crippen molar-refractivity contribution in [2.24, 2.45) is 11.8 Å².